The fraction of sp³-hybridized carbons (Fsp3) is 0.238. The average molecular weight is 386 g/mol. The van der Waals surface area contributed by atoms with Crippen LogP contribution >= 0.6 is 0 Å². The Labute approximate surface area is 199 Å². The molecule has 4 rings (SSSR count). The first-order chi connectivity index (χ1) is 12.5. The van der Waals surface area contributed by atoms with E-state index in [1.165, 1.54) is 10.5 Å². The molecule has 2 N–H and O–H groups in total. The Morgan fingerprint density at radius 3 is 2.44 bits per heavy atom. The van der Waals surface area contributed by atoms with Crippen LogP contribution in [0.4, 0.5) is 0 Å². The van der Waals surface area contributed by atoms with Gasteiger partial charge in [-0.05, 0) is 65.6 Å². The summed E-state index contributed by atoms with van der Waals surface area (Å²) in [5.41, 5.74) is 10.7. The van der Waals surface area contributed by atoms with Crippen molar-refractivity contribution in [2.24, 2.45) is 5.73 Å². The first kappa shape index (κ1) is 20.5. The molecule has 132 valence electrons. The van der Waals surface area contributed by atoms with Gasteiger partial charge in [0.25, 0.3) is 5.56 Å². The maximum atomic E-state index is 12.6. The number of aryl methyl sites for hydroxylation is 1. The van der Waals surface area contributed by atoms with E-state index in [1.54, 1.807) is 6.20 Å². The van der Waals surface area contributed by atoms with E-state index >= 15 is 0 Å². The van der Waals surface area contributed by atoms with E-state index in [2.05, 4.69) is 0 Å². The van der Waals surface area contributed by atoms with Crippen molar-refractivity contribution in [1.82, 2.24) is 4.40 Å². The maximum absolute atomic E-state index is 12.6. The molecule has 5 nitrogen and oxygen atoms in total. The Morgan fingerprint density at radius 1 is 1.22 bits per heavy atom. The molecule has 0 bridgehead atoms. The number of pyridine rings is 2. The van der Waals surface area contributed by atoms with Gasteiger partial charge in [0.2, 0.25) is 0 Å². The zero-order chi connectivity index (χ0) is 18.4. The summed E-state index contributed by atoms with van der Waals surface area (Å²) in [7, 11) is 0. The third-order valence-corrected chi connectivity index (χ3v) is 5.15. The number of carboxylic acids is 1. The summed E-state index contributed by atoms with van der Waals surface area (Å²) in [5.74, 6) is -1.12. The molecule has 3 aromatic rings. The van der Waals surface area contributed by atoms with Crippen LogP contribution in [0.2, 0.25) is 0 Å². The van der Waals surface area contributed by atoms with Gasteiger partial charge in [0.05, 0.1) is 17.0 Å². The van der Waals surface area contributed by atoms with E-state index in [-0.39, 0.29) is 56.9 Å². The Kier molecular flexibility index (Phi) is 6.05. The smallest absolute Gasteiger partial charge is 0.545 e. The number of fused-ring (bicyclic) bond motifs is 1. The van der Waals surface area contributed by atoms with Gasteiger partial charge in [-0.3, -0.25) is 9.20 Å². The van der Waals surface area contributed by atoms with Gasteiger partial charge >= 0.3 is 51.4 Å². The van der Waals surface area contributed by atoms with Crippen LogP contribution in [0.5, 0.6) is 0 Å². The maximum Gasteiger partial charge on any atom is 1.00 e. The SMILES string of the molecule is Cc1c(-c2ccc(CN)cc2)ccn2c(=O)c(C(=O)[O-])cc(C3CC3)c12.[K+]. The van der Waals surface area contributed by atoms with Crippen LogP contribution in [-0.2, 0) is 6.54 Å². The molecule has 0 saturated heterocycles. The Morgan fingerprint density at radius 2 is 1.89 bits per heavy atom. The predicted octanol–water partition coefficient (Wildman–Crippen LogP) is -1.02. The fourth-order valence-corrected chi connectivity index (χ4v) is 3.58. The molecule has 0 aliphatic heterocycles. The van der Waals surface area contributed by atoms with Crippen molar-refractivity contribution in [2.45, 2.75) is 32.2 Å². The van der Waals surface area contributed by atoms with Gasteiger partial charge in [-0.1, -0.05) is 24.3 Å². The molecule has 0 unspecified atom stereocenters. The minimum absolute atomic E-state index is 0. The second kappa shape index (κ2) is 7.99. The number of nitrogens with two attached hydrogens (primary N) is 1. The number of rotatable bonds is 4. The average Bonchev–Trinajstić information content (AvgIpc) is 3.47. The molecule has 1 aliphatic rings. The molecule has 0 atom stereocenters. The van der Waals surface area contributed by atoms with Gasteiger partial charge in [-0.15, -0.1) is 0 Å². The molecule has 0 amide bonds. The number of aromatic carboxylic acids is 1. The Hall–Kier alpha value is -1.28. The number of carboxylic acid groups (broad SMARTS) is 1. The molecular weight excluding hydrogens is 367 g/mol. The molecule has 1 saturated carbocycles. The van der Waals surface area contributed by atoms with Gasteiger partial charge < -0.3 is 15.6 Å². The van der Waals surface area contributed by atoms with E-state index in [0.29, 0.717) is 12.5 Å². The normalized spacial score (nSPS) is 13.4. The van der Waals surface area contributed by atoms with Crippen LogP contribution in [-0.4, -0.2) is 10.4 Å². The Balaban J connectivity index is 0.00000210. The molecule has 1 aromatic carbocycles. The van der Waals surface area contributed by atoms with E-state index < -0.39 is 11.5 Å². The topological polar surface area (TPSA) is 87.6 Å². The standard InChI is InChI=1S/C21H20N2O3.K/c1-12-16(14-4-2-13(11-22)3-5-14)8-9-23-19(12)17(15-6-7-15)10-18(20(23)24)21(25)26;/h2-5,8-10,15H,6-7,11,22H2,1H3,(H,25,26);/q;+1/p-1. The minimum Gasteiger partial charge on any atom is -0.545 e. The summed E-state index contributed by atoms with van der Waals surface area (Å²) >= 11 is 0. The number of hydrogen-bond acceptors (Lipinski definition) is 4. The molecule has 1 aliphatic carbocycles. The molecule has 0 spiro atoms. The summed E-state index contributed by atoms with van der Waals surface area (Å²) in [5, 5.41) is 11.4. The third-order valence-electron chi connectivity index (χ3n) is 5.15. The summed E-state index contributed by atoms with van der Waals surface area (Å²) in [6.45, 7) is 2.47. The molecule has 2 aromatic heterocycles. The summed E-state index contributed by atoms with van der Waals surface area (Å²) in [6, 6.07) is 11.4. The van der Waals surface area contributed by atoms with E-state index in [1.807, 2.05) is 37.3 Å². The van der Waals surface area contributed by atoms with E-state index in [9.17, 15) is 14.7 Å². The van der Waals surface area contributed by atoms with Gasteiger partial charge in [0, 0.05) is 12.7 Å². The quantitative estimate of drug-likeness (QED) is 0.582. The molecule has 0 radical (unpaired) electrons. The second-order valence-corrected chi connectivity index (χ2v) is 6.85. The number of aromatic nitrogens is 1. The Bertz CT molecular complexity index is 1080. The number of nitrogens with zero attached hydrogens (tertiary/aromatic N) is 1. The largest absolute Gasteiger partial charge is 1.00 e. The monoisotopic (exact) mass is 386 g/mol. The first-order valence-electron chi connectivity index (χ1n) is 8.71. The van der Waals surface area contributed by atoms with Crippen molar-refractivity contribution in [3.63, 3.8) is 0 Å². The number of carbonyl (C=O) groups is 1. The zero-order valence-electron chi connectivity index (χ0n) is 15.5. The van der Waals surface area contributed by atoms with E-state index in [0.717, 1.165) is 46.2 Å². The first-order valence-corrected chi connectivity index (χ1v) is 8.71. The van der Waals surface area contributed by atoms with Crippen molar-refractivity contribution in [2.75, 3.05) is 0 Å². The molecule has 1 fully saturated rings. The number of carbonyl (C=O) groups excluding carboxylic acids is 1. The minimum atomic E-state index is -1.43. The number of hydrogen-bond donors (Lipinski definition) is 1. The van der Waals surface area contributed by atoms with Crippen molar-refractivity contribution < 1.29 is 61.3 Å². The predicted molar refractivity (Wildman–Crippen MR) is 98.0 cm³/mol. The van der Waals surface area contributed by atoms with Gasteiger partial charge in [-0.25, -0.2) is 0 Å². The van der Waals surface area contributed by atoms with Crippen molar-refractivity contribution >= 4 is 11.5 Å². The van der Waals surface area contributed by atoms with Crippen LogP contribution in [0.15, 0.2) is 47.4 Å². The van der Waals surface area contributed by atoms with Gasteiger partial charge in [0.15, 0.2) is 0 Å². The van der Waals surface area contributed by atoms with Gasteiger partial charge in [0.1, 0.15) is 0 Å². The molecule has 27 heavy (non-hydrogen) atoms. The second-order valence-electron chi connectivity index (χ2n) is 6.85. The van der Waals surface area contributed by atoms with Crippen LogP contribution in [0.25, 0.3) is 16.6 Å². The molecule has 2 heterocycles. The number of benzene rings is 1. The fourth-order valence-electron chi connectivity index (χ4n) is 3.58. The summed E-state index contributed by atoms with van der Waals surface area (Å²) in [4.78, 5) is 23.9. The van der Waals surface area contributed by atoms with Crippen LogP contribution in [0, 0.1) is 6.92 Å². The van der Waals surface area contributed by atoms with Crippen LogP contribution in [0.3, 0.4) is 0 Å². The van der Waals surface area contributed by atoms with Gasteiger partial charge in [-0.2, -0.15) is 0 Å². The van der Waals surface area contributed by atoms with Crippen LogP contribution < -0.4 is 67.8 Å². The van der Waals surface area contributed by atoms with Crippen LogP contribution in [0.1, 0.15) is 45.8 Å². The molecule has 6 heteroatoms. The van der Waals surface area contributed by atoms with Crippen molar-refractivity contribution in [3.8, 4) is 11.1 Å². The van der Waals surface area contributed by atoms with Crippen molar-refractivity contribution in [3.05, 3.63) is 75.2 Å². The van der Waals surface area contributed by atoms with Crippen molar-refractivity contribution in [1.29, 1.82) is 0 Å². The summed E-state index contributed by atoms with van der Waals surface area (Å²) in [6.07, 6.45) is 3.68. The van der Waals surface area contributed by atoms with E-state index in [4.69, 9.17) is 5.73 Å². The molecular formula is C21H19KN2O3. The summed E-state index contributed by atoms with van der Waals surface area (Å²) < 4.78 is 1.45. The third kappa shape index (κ3) is 3.70. The zero-order valence-corrected chi connectivity index (χ0v) is 18.6.